The van der Waals surface area contributed by atoms with Crippen LogP contribution in [0.4, 0.5) is 0 Å². The third-order valence-corrected chi connectivity index (χ3v) is 1.77. The highest BCUT2D eigenvalue weighted by Crippen LogP contribution is 1.92. The molecule has 2 atom stereocenters. The molecule has 0 aliphatic heterocycles. The average Bonchev–Trinajstić information content (AvgIpc) is 1.96. The lowest BCUT2D eigenvalue weighted by molar-refractivity contribution is 0.185. The van der Waals surface area contributed by atoms with Crippen molar-refractivity contribution in [2.75, 3.05) is 27.2 Å². The predicted octanol–water partition coefficient (Wildman–Crippen LogP) is 0.297. The first-order valence-electron chi connectivity index (χ1n) is 4.58. The van der Waals surface area contributed by atoms with Gasteiger partial charge in [-0.3, -0.25) is 0 Å². The SMILES string of the molecule is CC(O)CNC(C)CCN(C)C. The quantitative estimate of drug-likeness (QED) is 0.608. The normalized spacial score (nSPS) is 16.5. The minimum absolute atomic E-state index is 0.244. The van der Waals surface area contributed by atoms with E-state index in [1.165, 1.54) is 0 Å². The van der Waals surface area contributed by atoms with Crippen LogP contribution in [0.3, 0.4) is 0 Å². The van der Waals surface area contributed by atoms with Gasteiger partial charge in [-0.1, -0.05) is 0 Å². The average molecular weight is 174 g/mol. The first-order valence-corrected chi connectivity index (χ1v) is 4.58. The smallest absolute Gasteiger partial charge is 0.0636 e. The fourth-order valence-corrected chi connectivity index (χ4v) is 0.926. The third-order valence-electron chi connectivity index (χ3n) is 1.77. The topological polar surface area (TPSA) is 35.5 Å². The Labute approximate surface area is 75.8 Å². The molecule has 3 heteroatoms. The summed E-state index contributed by atoms with van der Waals surface area (Å²) >= 11 is 0. The highest BCUT2D eigenvalue weighted by molar-refractivity contribution is 4.63. The van der Waals surface area contributed by atoms with Crippen molar-refractivity contribution in [3.63, 3.8) is 0 Å². The van der Waals surface area contributed by atoms with Crippen LogP contribution in [0.15, 0.2) is 0 Å². The van der Waals surface area contributed by atoms with E-state index in [-0.39, 0.29) is 6.10 Å². The molecule has 0 saturated heterocycles. The Morgan fingerprint density at radius 2 is 1.92 bits per heavy atom. The number of aliphatic hydroxyl groups excluding tert-OH is 1. The number of aliphatic hydroxyl groups is 1. The summed E-state index contributed by atoms with van der Waals surface area (Å²) in [6.07, 6.45) is 0.881. The van der Waals surface area contributed by atoms with E-state index in [4.69, 9.17) is 5.11 Å². The van der Waals surface area contributed by atoms with E-state index in [1.807, 2.05) is 0 Å². The summed E-state index contributed by atoms with van der Waals surface area (Å²) in [5, 5.41) is 12.3. The lowest BCUT2D eigenvalue weighted by atomic mass is 10.2. The van der Waals surface area contributed by atoms with Crippen molar-refractivity contribution in [2.24, 2.45) is 0 Å². The molecule has 0 bridgehead atoms. The van der Waals surface area contributed by atoms with Crippen molar-refractivity contribution in [1.82, 2.24) is 10.2 Å². The van der Waals surface area contributed by atoms with Gasteiger partial charge in [0.25, 0.3) is 0 Å². The van der Waals surface area contributed by atoms with E-state index in [1.54, 1.807) is 6.92 Å². The van der Waals surface area contributed by atoms with Gasteiger partial charge in [0.1, 0.15) is 0 Å². The number of hydrogen-bond acceptors (Lipinski definition) is 3. The molecule has 0 heterocycles. The molecule has 0 radical (unpaired) electrons. The van der Waals surface area contributed by atoms with Crippen LogP contribution < -0.4 is 5.32 Å². The Hall–Kier alpha value is -0.120. The molecule has 74 valence electrons. The molecule has 0 aliphatic carbocycles. The fourth-order valence-electron chi connectivity index (χ4n) is 0.926. The second kappa shape index (κ2) is 6.40. The minimum Gasteiger partial charge on any atom is -0.392 e. The maximum atomic E-state index is 9.01. The molecule has 2 unspecified atom stereocenters. The molecule has 0 aliphatic rings. The Morgan fingerprint density at radius 1 is 1.33 bits per heavy atom. The van der Waals surface area contributed by atoms with Gasteiger partial charge in [-0.25, -0.2) is 0 Å². The van der Waals surface area contributed by atoms with Crippen molar-refractivity contribution in [3.05, 3.63) is 0 Å². The van der Waals surface area contributed by atoms with Crippen LogP contribution in [0.5, 0.6) is 0 Å². The van der Waals surface area contributed by atoms with E-state index in [0.29, 0.717) is 12.6 Å². The van der Waals surface area contributed by atoms with Crippen LogP contribution in [-0.4, -0.2) is 49.3 Å². The molecular formula is C9H22N2O. The van der Waals surface area contributed by atoms with Gasteiger partial charge in [-0.05, 0) is 40.9 Å². The molecule has 0 spiro atoms. The highest BCUT2D eigenvalue weighted by Gasteiger charge is 2.02. The maximum absolute atomic E-state index is 9.01. The summed E-state index contributed by atoms with van der Waals surface area (Å²) in [7, 11) is 4.14. The highest BCUT2D eigenvalue weighted by atomic mass is 16.3. The lowest BCUT2D eigenvalue weighted by Gasteiger charge is -2.17. The Kier molecular flexibility index (Phi) is 6.34. The van der Waals surface area contributed by atoms with Crippen LogP contribution in [-0.2, 0) is 0 Å². The zero-order valence-electron chi connectivity index (χ0n) is 8.67. The Bertz CT molecular complexity index is 92.7. The molecule has 0 aromatic heterocycles. The van der Waals surface area contributed by atoms with Gasteiger partial charge in [0.2, 0.25) is 0 Å². The number of rotatable bonds is 6. The minimum atomic E-state index is -0.244. The van der Waals surface area contributed by atoms with E-state index < -0.39 is 0 Å². The van der Waals surface area contributed by atoms with Gasteiger partial charge < -0.3 is 15.3 Å². The molecular weight excluding hydrogens is 152 g/mol. The number of hydrogen-bond donors (Lipinski definition) is 2. The van der Waals surface area contributed by atoms with Gasteiger partial charge >= 0.3 is 0 Å². The number of nitrogens with zero attached hydrogens (tertiary/aromatic N) is 1. The van der Waals surface area contributed by atoms with Crippen LogP contribution >= 0.6 is 0 Å². The lowest BCUT2D eigenvalue weighted by Crippen LogP contribution is -2.34. The van der Waals surface area contributed by atoms with Crippen LogP contribution in [0.2, 0.25) is 0 Å². The molecule has 0 aromatic carbocycles. The first kappa shape index (κ1) is 11.9. The summed E-state index contributed by atoms with van der Waals surface area (Å²) in [5.74, 6) is 0. The maximum Gasteiger partial charge on any atom is 0.0636 e. The molecule has 3 nitrogen and oxygen atoms in total. The zero-order chi connectivity index (χ0) is 9.56. The second-order valence-electron chi connectivity index (χ2n) is 3.75. The third kappa shape index (κ3) is 7.98. The van der Waals surface area contributed by atoms with Gasteiger partial charge in [-0.2, -0.15) is 0 Å². The van der Waals surface area contributed by atoms with Crippen LogP contribution in [0.1, 0.15) is 20.3 Å². The summed E-state index contributed by atoms with van der Waals surface area (Å²) in [6.45, 7) is 5.72. The van der Waals surface area contributed by atoms with Crippen molar-refractivity contribution in [2.45, 2.75) is 32.4 Å². The van der Waals surface area contributed by atoms with E-state index in [9.17, 15) is 0 Å². The van der Waals surface area contributed by atoms with Crippen molar-refractivity contribution in [3.8, 4) is 0 Å². The molecule has 0 saturated carbocycles. The van der Waals surface area contributed by atoms with E-state index >= 15 is 0 Å². The van der Waals surface area contributed by atoms with Gasteiger partial charge in [0.05, 0.1) is 6.10 Å². The summed E-state index contributed by atoms with van der Waals surface area (Å²) in [6, 6.07) is 0.488. The van der Waals surface area contributed by atoms with Crippen molar-refractivity contribution < 1.29 is 5.11 Å². The Morgan fingerprint density at radius 3 is 2.33 bits per heavy atom. The summed E-state index contributed by atoms with van der Waals surface area (Å²) < 4.78 is 0. The van der Waals surface area contributed by atoms with E-state index in [0.717, 1.165) is 13.0 Å². The summed E-state index contributed by atoms with van der Waals surface area (Å²) in [4.78, 5) is 2.17. The van der Waals surface area contributed by atoms with Crippen molar-refractivity contribution >= 4 is 0 Å². The largest absolute Gasteiger partial charge is 0.392 e. The first-order chi connectivity index (χ1) is 5.52. The molecule has 12 heavy (non-hydrogen) atoms. The monoisotopic (exact) mass is 174 g/mol. The molecule has 0 fully saturated rings. The molecule has 0 rings (SSSR count). The van der Waals surface area contributed by atoms with Gasteiger partial charge in [-0.15, -0.1) is 0 Å². The van der Waals surface area contributed by atoms with Gasteiger partial charge in [0.15, 0.2) is 0 Å². The standard InChI is InChI=1S/C9H22N2O/c1-8(5-6-11(3)4)10-7-9(2)12/h8-10,12H,5-7H2,1-4H3. The number of nitrogens with one attached hydrogen (secondary N) is 1. The van der Waals surface area contributed by atoms with E-state index in [2.05, 4.69) is 31.2 Å². The summed E-state index contributed by atoms with van der Waals surface area (Å²) in [5.41, 5.74) is 0. The van der Waals surface area contributed by atoms with Gasteiger partial charge in [0, 0.05) is 12.6 Å². The zero-order valence-corrected chi connectivity index (χ0v) is 8.67. The molecule has 2 N–H and O–H groups in total. The molecule has 0 amide bonds. The predicted molar refractivity (Wildman–Crippen MR) is 52.3 cm³/mol. The fraction of sp³-hybridized carbons (Fsp3) is 1.00. The van der Waals surface area contributed by atoms with Crippen LogP contribution in [0, 0.1) is 0 Å². The van der Waals surface area contributed by atoms with Crippen LogP contribution in [0.25, 0.3) is 0 Å². The second-order valence-corrected chi connectivity index (χ2v) is 3.75. The van der Waals surface area contributed by atoms with Crippen molar-refractivity contribution in [1.29, 1.82) is 0 Å². The molecule has 0 aromatic rings. The Balaban J connectivity index is 3.27.